The van der Waals surface area contributed by atoms with Gasteiger partial charge in [-0.05, 0) is 76.8 Å². The molecular formula is C26H34BrN5O4. The Morgan fingerprint density at radius 3 is 2.53 bits per heavy atom. The molecule has 0 saturated carbocycles. The lowest BCUT2D eigenvalue weighted by atomic mass is 10.0. The van der Waals surface area contributed by atoms with E-state index in [-0.39, 0.29) is 18.0 Å². The van der Waals surface area contributed by atoms with E-state index in [1.807, 2.05) is 45.0 Å². The summed E-state index contributed by atoms with van der Waals surface area (Å²) < 4.78 is 6.40. The average Bonchev–Trinajstić information content (AvgIpc) is 2.99. The third-order valence-electron chi connectivity index (χ3n) is 6.58. The van der Waals surface area contributed by atoms with Gasteiger partial charge in [0.2, 0.25) is 0 Å². The van der Waals surface area contributed by atoms with Gasteiger partial charge in [-0.25, -0.2) is 14.8 Å². The zero-order valence-electron chi connectivity index (χ0n) is 21.4. The van der Waals surface area contributed by atoms with Crippen LogP contribution in [0.15, 0.2) is 39.9 Å². The molecule has 194 valence electrons. The number of carbonyl (C=O) groups is 2. The van der Waals surface area contributed by atoms with Gasteiger partial charge in [0.05, 0.1) is 5.52 Å². The number of hydrazine groups is 1. The van der Waals surface area contributed by atoms with Crippen molar-refractivity contribution in [3.63, 3.8) is 0 Å². The molecule has 0 aliphatic carbocycles. The van der Waals surface area contributed by atoms with Crippen molar-refractivity contribution in [3.05, 3.63) is 45.4 Å². The van der Waals surface area contributed by atoms with Crippen molar-refractivity contribution < 1.29 is 19.4 Å². The molecule has 2 aliphatic heterocycles. The van der Waals surface area contributed by atoms with Gasteiger partial charge in [-0.15, -0.1) is 0 Å². The fourth-order valence-corrected chi connectivity index (χ4v) is 4.76. The van der Waals surface area contributed by atoms with E-state index in [9.17, 15) is 14.7 Å². The predicted molar refractivity (Wildman–Crippen MR) is 142 cm³/mol. The molecule has 2 amide bonds. The Kier molecular flexibility index (Phi) is 7.59. The first-order chi connectivity index (χ1) is 16.9. The summed E-state index contributed by atoms with van der Waals surface area (Å²) in [6.07, 6.45) is 0.366. The van der Waals surface area contributed by atoms with Crippen molar-refractivity contribution in [1.29, 1.82) is 0 Å². The molecule has 0 radical (unpaired) electrons. The van der Waals surface area contributed by atoms with Crippen molar-refractivity contribution in [3.8, 4) is 0 Å². The molecule has 3 N–H and O–H groups in total. The molecule has 36 heavy (non-hydrogen) atoms. The fourth-order valence-electron chi connectivity index (χ4n) is 4.41. The first kappa shape index (κ1) is 26.4. The molecule has 9 nitrogen and oxygen atoms in total. The van der Waals surface area contributed by atoms with Crippen LogP contribution in [0.25, 0.3) is 10.9 Å². The number of hydrogen-bond acceptors (Lipinski definition) is 7. The summed E-state index contributed by atoms with van der Waals surface area (Å²) in [4.78, 5) is 31.4. The number of benzene rings is 1. The number of aliphatic hydroxyl groups is 1. The Balaban J connectivity index is 1.46. The molecule has 1 unspecified atom stereocenters. The van der Waals surface area contributed by atoms with Gasteiger partial charge in [-0.2, -0.15) is 0 Å². The van der Waals surface area contributed by atoms with Crippen molar-refractivity contribution >= 4 is 44.7 Å². The molecule has 1 saturated heterocycles. The largest absolute Gasteiger partial charge is 0.444 e. The highest BCUT2D eigenvalue weighted by molar-refractivity contribution is 9.10. The van der Waals surface area contributed by atoms with Crippen LogP contribution >= 0.6 is 15.9 Å². The number of aromatic nitrogens is 1. The molecule has 3 heterocycles. The van der Waals surface area contributed by atoms with Crippen LogP contribution in [0.2, 0.25) is 0 Å². The van der Waals surface area contributed by atoms with E-state index in [0.717, 1.165) is 33.8 Å². The third-order valence-corrected chi connectivity index (χ3v) is 7.08. The smallest absolute Gasteiger partial charge is 0.410 e. The minimum absolute atomic E-state index is 0.259. The van der Waals surface area contributed by atoms with E-state index >= 15 is 0 Å². The monoisotopic (exact) mass is 559 g/mol. The molecule has 0 spiro atoms. The molecule has 10 heteroatoms. The van der Waals surface area contributed by atoms with Gasteiger partial charge >= 0.3 is 6.09 Å². The van der Waals surface area contributed by atoms with Crippen LogP contribution in [0.5, 0.6) is 0 Å². The Morgan fingerprint density at radius 2 is 1.92 bits per heavy atom. The second-order valence-electron chi connectivity index (χ2n) is 10.4. The van der Waals surface area contributed by atoms with Gasteiger partial charge in [-0.3, -0.25) is 10.2 Å². The van der Waals surface area contributed by atoms with Gasteiger partial charge < -0.3 is 20.1 Å². The summed E-state index contributed by atoms with van der Waals surface area (Å²) in [7, 11) is 0. The number of fused-ring (bicyclic) bond motifs is 1. The summed E-state index contributed by atoms with van der Waals surface area (Å²) in [5.74, 6) is 0.208. The second-order valence-corrected chi connectivity index (χ2v) is 11.3. The normalized spacial score (nSPS) is 19.4. The highest BCUT2D eigenvalue weighted by Crippen LogP contribution is 2.28. The molecule has 1 aromatic heterocycles. The Morgan fingerprint density at radius 1 is 1.22 bits per heavy atom. The van der Waals surface area contributed by atoms with Crippen LogP contribution in [-0.4, -0.2) is 63.0 Å². The van der Waals surface area contributed by atoms with E-state index in [0.29, 0.717) is 36.6 Å². The number of ether oxygens (including phenoxy) is 1. The molecular weight excluding hydrogens is 526 g/mol. The number of hydrogen-bond donors (Lipinski definition) is 3. The molecule has 0 bridgehead atoms. The second kappa shape index (κ2) is 10.4. The maximum absolute atomic E-state index is 12.6. The van der Waals surface area contributed by atoms with Crippen molar-refractivity contribution in [2.75, 3.05) is 18.5 Å². The molecule has 1 fully saturated rings. The third kappa shape index (κ3) is 5.82. The minimum Gasteiger partial charge on any atom is -0.444 e. The van der Waals surface area contributed by atoms with Crippen LogP contribution in [0.3, 0.4) is 0 Å². The number of aliphatic hydroxyl groups excluding tert-OH is 1. The Labute approximate surface area is 220 Å². The number of nitrogens with one attached hydrogen (secondary N) is 2. The Hall–Kier alpha value is -2.69. The number of amides is 2. The number of pyridine rings is 1. The zero-order chi connectivity index (χ0) is 26.2. The van der Waals surface area contributed by atoms with Crippen molar-refractivity contribution in [2.24, 2.45) is 0 Å². The van der Waals surface area contributed by atoms with Gasteiger partial charge in [0, 0.05) is 41.1 Å². The fraction of sp³-hybridized carbons (Fsp3) is 0.500. The van der Waals surface area contributed by atoms with Crippen LogP contribution in [0.1, 0.15) is 53.0 Å². The van der Waals surface area contributed by atoms with Crippen LogP contribution in [0.4, 0.5) is 10.6 Å². The number of anilines is 1. The van der Waals surface area contributed by atoms with Gasteiger partial charge in [0.15, 0.2) is 6.23 Å². The van der Waals surface area contributed by atoms with Crippen molar-refractivity contribution in [1.82, 2.24) is 20.2 Å². The number of rotatable bonds is 5. The first-order valence-corrected chi connectivity index (χ1v) is 13.0. The van der Waals surface area contributed by atoms with Crippen LogP contribution in [0, 0.1) is 0 Å². The van der Waals surface area contributed by atoms with Gasteiger partial charge in [-0.1, -0.05) is 22.0 Å². The number of piperidine rings is 1. The van der Waals surface area contributed by atoms with E-state index in [2.05, 4.69) is 31.7 Å². The zero-order valence-corrected chi connectivity index (χ0v) is 23.0. The highest BCUT2D eigenvalue weighted by atomic mass is 79.9. The van der Waals surface area contributed by atoms with E-state index in [1.54, 1.807) is 18.7 Å². The lowest BCUT2D eigenvalue weighted by Crippen LogP contribution is -2.46. The topological polar surface area (TPSA) is 107 Å². The number of carbonyl (C=O) groups excluding carboxylic acids is 2. The number of halogens is 1. The van der Waals surface area contributed by atoms with Gasteiger partial charge in [0.1, 0.15) is 11.4 Å². The standard InChI is InChI=1S/C26H34BrN5O4/c1-15-16(2)24(34)32(23(15)33)30-22-12-17(20-7-6-18(27)13-21(20)29-22)14-28-19-8-10-31(11-9-19)25(35)36-26(3,4)5/h6-7,12-13,19,23,28,33H,8-11,14H2,1-5H3,(H,29,30). The summed E-state index contributed by atoms with van der Waals surface area (Å²) in [5.41, 5.74) is 5.45. The summed E-state index contributed by atoms with van der Waals surface area (Å²) in [5, 5.41) is 16.3. The molecule has 1 aromatic carbocycles. The quantitative estimate of drug-likeness (QED) is 0.501. The van der Waals surface area contributed by atoms with Crippen LogP contribution in [-0.2, 0) is 16.1 Å². The predicted octanol–water partition coefficient (Wildman–Crippen LogP) is 4.31. The SMILES string of the molecule is CC1=C(C)C(O)N(Nc2cc(CNC3CCN(C(=O)OC(C)(C)C)CC3)c3ccc(Br)cc3n2)C1=O. The number of likely N-dealkylation sites (tertiary alicyclic amines) is 1. The maximum Gasteiger partial charge on any atom is 0.410 e. The van der Waals surface area contributed by atoms with E-state index in [4.69, 9.17) is 4.74 Å². The molecule has 2 aliphatic rings. The highest BCUT2D eigenvalue weighted by Gasteiger charge is 2.34. The maximum atomic E-state index is 12.6. The lowest BCUT2D eigenvalue weighted by molar-refractivity contribution is -0.129. The molecule has 2 aromatic rings. The number of nitrogens with zero attached hydrogens (tertiary/aromatic N) is 3. The van der Waals surface area contributed by atoms with Gasteiger partial charge in [0.25, 0.3) is 5.91 Å². The van der Waals surface area contributed by atoms with Crippen molar-refractivity contribution in [2.45, 2.75) is 71.9 Å². The van der Waals surface area contributed by atoms with E-state index < -0.39 is 11.8 Å². The van der Waals surface area contributed by atoms with E-state index in [1.165, 1.54) is 5.01 Å². The molecule has 1 atom stereocenters. The summed E-state index contributed by atoms with van der Waals surface area (Å²) in [6.45, 7) is 11.0. The first-order valence-electron chi connectivity index (χ1n) is 12.2. The average molecular weight is 560 g/mol. The molecule has 4 rings (SSSR count). The Bertz CT molecular complexity index is 1200. The minimum atomic E-state index is -1.03. The summed E-state index contributed by atoms with van der Waals surface area (Å²) >= 11 is 3.51. The summed E-state index contributed by atoms with van der Waals surface area (Å²) in [6, 6.07) is 8.09. The van der Waals surface area contributed by atoms with Crippen LogP contribution < -0.4 is 10.7 Å². The lowest BCUT2D eigenvalue weighted by Gasteiger charge is -2.34.